The Bertz CT molecular complexity index is 157. The van der Waals surface area contributed by atoms with Crippen molar-refractivity contribution in [1.82, 2.24) is 4.90 Å². The van der Waals surface area contributed by atoms with Crippen LogP contribution in [0, 0.1) is 0 Å². The standard InChI is InChI=1S/C7H14N2O3/c8-6(7(10)11)5-9-1-3-12-4-2-9/h6H,1-5,8H2,(H,10,11). The van der Waals surface area contributed by atoms with Crippen molar-refractivity contribution in [3.05, 3.63) is 0 Å². The molecule has 1 aliphatic rings. The monoisotopic (exact) mass is 174 g/mol. The fourth-order valence-electron chi connectivity index (χ4n) is 1.14. The van der Waals surface area contributed by atoms with Gasteiger partial charge in [0.2, 0.25) is 0 Å². The van der Waals surface area contributed by atoms with Crippen molar-refractivity contribution < 1.29 is 14.6 Å². The van der Waals surface area contributed by atoms with E-state index in [-0.39, 0.29) is 0 Å². The van der Waals surface area contributed by atoms with E-state index in [1.54, 1.807) is 0 Å². The molecule has 5 nitrogen and oxygen atoms in total. The third-order valence-corrected chi connectivity index (χ3v) is 1.88. The van der Waals surface area contributed by atoms with Gasteiger partial charge in [-0.2, -0.15) is 0 Å². The summed E-state index contributed by atoms with van der Waals surface area (Å²) in [5, 5.41) is 8.53. The van der Waals surface area contributed by atoms with E-state index in [1.807, 2.05) is 4.90 Å². The molecule has 1 fully saturated rings. The molecule has 1 heterocycles. The zero-order chi connectivity index (χ0) is 8.97. The zero-order valence-electron chi connectivity index (χ0n) is 6.90. The maximum Gasteiger partial charge on any atom is 0.321 e. The fourth-order valence-corrected chi connectivity index (χ4v) is 1.14. The van der Waals surface area contributed by atoms with Crippen LogP contribution < -0.4 is 5.73 Å². The first kappa shape index (κ1) is 9.44. The van der Waals surface area contributed by atoms with Crippen molar-refractivity contribution in [2.45, 2.75) is 6.04 Å². The molecule has 1 atom stereocenters. The van der Waals surface area contributed by atoms with Gasteiger partial charge < -0.3 is 15.6 Å². The Morgan fingerprint density at radius 3 is 2.67 bits per heavy atom. The van der Waals surface area contributed by atoms with Crippen LogP contribution in [0.4, 0.5) is 0 Å². The number of carbonyl (C=O) groups is 1. The third-order valence-electron chi connectivity index (χ3n) is 1.88. The van der Waals surface area contributed by atoms with E-state index in [0.29, 0.717) is 19.8 Å². The highest BCUT2D eigenvalue weighted by molar-refractivity contribution is 5.73. The summed E-state index contributed by atoms with van der Waals surface area (Å²) < 4.78 is 5.11. The van der Waals surface area contributed by atoms with Crippen molar-refractivity contribution >= 4 is 5.97 Å². The third kappa shape index (κ3) is 2.77. The number of morpholine rings is 1. The Labute approximate surface area is 71.1 Å². The molecule has 70 valence electrons. The average molecular weight is 174 g/mol. The summed E-state index contributed by atoms with van der Waals surface area (Å²) in [5.74, 6) is -0.943. The van der Waals surface area contributed by atoms with Crippen LogP contribution in [-0.4, -0.2) is 54.9 Å². The topological polar surface area (TPSA) is 75.8 Å². The van der Waals surface area contributed by atoms with Crippen molar-refractivity contribution in [2.75, 3.05) is 32.8 Å². The maximum absolute atomic E-state index is 10.4. The van der Waals surface area contributed by atoms with Gasteiger partial charge in [-0.1, -0.05) is 0 Å². The summed E-state index contributed by atoms with van der Waals surface area (Å²) in [6, 6.07) is -0.775. The minimum absolute atomic E-state index is 0.415. The molecule has 1 saturated heterocycles. The van der Waals surface area contributed by atoms with E-state index in [1.165, 1.54) is 0 Å². The number of hydrogen-bond acceptors (Lipinski definition) is 4. The van der Waals surface area contributed by atoms with Gasteiger partial charge in [-0.25, -0.2) is 0 Å². The van der Waals surface area contributed by atoms with Gasteiger partial charge in [0.1, 0.15) is 6.04 Å². The summed E-state index contributed by atoms with van der Waals surface area (Å²) in [4.78, 5) is 12.4. The molecule has 1 rings (SSSR count). The van der Waals surface area contributed by atoms with Gasteiger partial charge in [-0.3, -0.25) is 9.69 Å². The predicted octanol–water partition coefficient (Wildman–Crippen LogP) is -1.27. The first-order valence-electron chi connectivity index (χ1n) is 3.98. The molecule has 1 unspecified atom stereocenters. The lowest BCUT2D eigenvalue weighted by Gasteiger charge is -2.27. The number of nitrogens with two attached hydrogens (primary N) is 1. The summed E-state index contributed by atoms with van der Waals surface area (Å²) in [7, 11) is 0. The number of rotatable bonds is 3. The van der Waals surface area contributed by atoms with Crippen LogP contribution in [0.15, 0.2) is 0 Å². The Balaban J connectivity index is 2.24. The summed E-state index contributed by atoms with van der Waals surface area (Å²) in [6.45, 7) is 3.32. The van der Waals surface area contributed by atoms with Crippen LogP contribution in [0.5, 0.6) is 0 Å². The summed E-state index contributed by atoms with van der Waals surface area (Å²) in [5.41, 5.74) is 5.37. The van der Waals surface area contributed by atoms with Crippen molar-refractivity contribution in [2.24, 2.45) is 5.73 Å². The molecule has 0 aromatic carbocycles. The highest BCUT2D eigenvalue weighted by Crippen LogP contribution is 1.97. The molecule has 0 saturated carbocycles. The van der Waals surface area contributed by atoms with E-state index in [2.05, 4.69) is 0 Å². The van der Waals surface area contributed by atoms with E-state index in [0.717, 1.165) is 13.1 Å². The number of nitrogens with zero attached hydrogens (tertiary/aromatic N) is 1. The zero-order valence-corrected chi connectivity index (χ0v) is 6.90. The van der Waals surface area contributed by atoms with Gasteiger partial charge in [0.15, 0.2) is 0 Å². The van der Waals surface area contributed by atoms with Gasteiger partial charge in [0, 0.05) is 19.6 Å². The number of carboxylic acids is 1. The van der Waals surface area contributed by atoms with Crippen LogP contribution in [0.25, 0.3) is 0 Å². The van der Waals surface area contributed by atoms with Gasteiger partial charge in [-0.05, 0) is 0 Å². The SMILES string of the molecule is NC(CN1CCOCC1)C(=O)O. The summed E-state index contributed by atoms with van der Waals surface area (Å²) >= 11 is 0. The second-order valence-electron chi connectivity index (χ2n) is 2.86. The van der Waals surface area contributed by atoms with Crippen LogP contribution in [0.2, 0.25) is 0 Å². The van der Waals surface area contributed by atoms with Crippen molar-refractivity contribution in [3.8, 4) is 0 Å². The number of ether oxygens (including phenoxy) is 1. The Morgan fingerprint density at radius 2 is 2.17 bits per heavy atom. The van der Waals surface area contributed by atoms with Crippen LogP contribution in [-0.2, 0) is 9.53 Å². The molecule has 0 spiro atoms. The maximum atomic E-state index is 10.4. The highest BCUT2D eigenvalue weighted by Gasteiger charge is 2.17. The van der Waals surface area contributed by atoms with E-state index < -0.39 is 12.0 Å². The fraction of sp³-hybridized carbons (Fsp3) is 0.857. The lowest BCUT2D eigenvalue weighted by Crippen LogP contribution is -2.46. The van der Waals surface area contributed by atoms with Crippen molar-refractivity contribution in [3.63, 3.8) is 0 Å². The quantitative estimate of drug-likeness (QED) is 0.558. The van der Waals surface area contributed by atoms with Crippen LogP contribution in [0.1, 0.15) is 0 Å². The Morgan fingerprint density at radius 1 is 1.58 bits per heavy atom. The average Bonchev–Trinajstić information content (AvgIpc) is 2.06. The molecular weight excluding hydrogens is 160 g/mol. The number of carboxylic acid groups (broad SMARTS) is 1. The molecule has 0 aromatic heterocycles. The van der Waals surface area contributed by atoms with Gasteiger partial charge in [-0.15, -0.1) is 0 Å². The lowest BCUT2D eigenvalue weighted by atomic mass is 10.3. The van der Waals surface area contributed by atoms with Crippen LogP contribution >= 0.6 is 0 Å². The molecule has 3 N–H and O–H groups in total. The molecule has 0 aromatic rings. The summed E-state index contributed by atoms with van der Waals surface area (Å²) in [6.07, 6.45) is 0. The first-order chi connectivity index (χ1) is 5.70. The molecule has 1 aliphatic heterocycles. The lowest BCUT2D eigenvalue weighted by molar-refractivity contribution is -0.139. The normalized spacial score (nSPS) is 22.1. The Kier molecular flexibility index (Phi) is 3.46. The van der Waals surface area contributed by atoms with Gasteiger partial charge in [0.05, 0.1) is 13.2 Å². The molecule has 0 radical (unpaired) electrons. The Hall–Kier alpha value is -0.650. The van der Waals surface area contributed by atoms with Crippen LogP contribution in [0.3, 0.4) is 0 Å². The molecule has 0 aliphatic carbocycles. The largest absolute Gasteiger partial charge is 0.480 e. The van der Waals surface area contributed by atoms with Gasteiger partial charge >= 0.3 is 5.97 Å². The van der Waals surface area contributed by atoms with E-state index in [9.17, 15) is 4.79 Å². The molecule has 0 bridgehead atoms. The molecule has 12 heavy (non-hydrogen) atoms. The van der Waals surface area contributed by atoms with Gasteiger partial charge in [0.25, 0.3) is 0 Å². The second-order valence-corrected chi connectivity index (χ2v) is 2.86. The van der Waals surface area contributed by atoms with E-state index in [4.69, 9.17) is 15.6 Å². The minimum Gasteiger partial charge on any atom is -0.480 e. The molecular formula is C7H14N2O3. The molecule has 0 amide bonds. The minimum atomic E-state index is -0.943. The smallest absolute Gasteiger partial charge is 0.321 e. The van der Waals surface area contributed by atoms with E-state index >= 15 is 0 Å². The number of hydrogen-bond donors (Lipinski definition) is 2. The molecule has 5 heteroatoms. The predicted molar refractivity (Wildman–Crippen MR) is 42.9 cm³/mol. The number of aliphatic carboxylic acids is 1. The second kappa shape index (κ2) is 4.39. The first-order valence-corrected chi connectivity index (χ1v) is 3.98. The van der Waals surface area contributed by atoms with Crippen molar-refractivity contribution in [1.29, 1.82) is 0 Å². The highest BCUT2D eigenvalue weighted by atomic mass is 16.5.